The molecule has 3 saturated carbocycles. The predicted molar refractivity (Wildman–Crippen MR) is 168 cm³/mol. The number of aromatic nitrogens is 8. The maximum Gasteiger partial charge on any atom is 0.472 e. The van der Waals surface area contributed by atoms with Crippen LogP contribution in [0.3, 0.4) is 0 Å². The lowest BCUT2D eigenvalue weighted by Gasteiger charge is -2.35. The minimum absolute atomic E-state index is 0.0460. The van der Waals surface area contributed by atoms with E-state index in [4.69, 9.17) is 29.6 Å². The number of hydrogen-bond donors (Lipinski definition) is 7. The van der Waals surface area contributed by atoms with Gasteiger partial charge >= 0.3 is 14.6 Å². The van der Waals surface area contributed by atoms with Crippen molar-refractivity contribution >= 4 is 61.0 Å². The Morgan fingerprint density at radius 1 is 1.02 bits per heavy atom. The van der Waals surface area contributed by atoms with E-state index in [-0.39, 0.29) is 22.9 Å². The first-order valence-corrected chi connectivity index (χ1v) is 19.1. The Hall–Kier alpha value is -2.97. The zero-order valence-corrected chi connectivity index (χ0v) is 28.0. The van der Waals surface area contributed by atoms with Crippen LogP contribution >= 0.6 is 26.9 Å². The quantitative estimate of drug-likeness (QED) is 0.110. The maximum atomic E-state index is 13.9. The van der Waals surface area contributed by atoms with Gasteiger partial charge in [-0.25, -0.2) is 29.1 Å². The molecule has 4 aliphatic rings. The molecule has 4 fully saturated rings. The van der Waals surface area contributed by atoms with Gasteiger partial charge in [-0.1, -0.05) is 26.1 Å². The average molecular weight is 727 g/mol. The number of fused-ring (bicyclic) bond motifs is 4. The van der Waals surface area contributed by atoms with Crippen LogP contribution < -0.4 is 17.0 Å². The van der Waals surface area contributed by atoms with Crippen molar-refractivity contribution in [3.8, 4) is 0 Å². The summed E-state index contributed by atoms with van der Waals surface area (Å²) in [5, 5.41) is 23.3. The number of nitrogens with zero attached hydrogens (tertiary/aromatic N) is 7. The molecular formula is C25H32N10O10P2S. The van der Waals surface area contributed by atoms with E-state index in [9.17, 15) is 29.0 Å². The Bertz CT molecular complexity index is 2130. The first-order chi connectivity index (χ1) is 22.6. The largest absolute Gasteiger partial charge is 0.472 e. The number of phosphoric acid groups is 1. The number of hydrogen-bond acceptors (Lipinski definition) is 16. The second-order valence-corrected chi connectivity index (χ2v) is 17.5. The summed E-state index contributed by atoms with van der Waals surface area (Å²) in [7, 11) is -4.98. The molecule has 1 aliphatic heterocycles. The zero-order valence-electron chi connectivity index (χ0n) is 25.3. The summed E-state index contributed by atoms with van der Waals surface area (Å²) in [6.07, 6.45) is -1.22. The molecule has 20 nitrogen and oxygen atoms in total. The van der Waals surface area contributed by atoms with Crippen LogP contribution in [0.15, 0.2) is 23.8 Å². The second kappa shape index (κ2) is 10.5. The van der Waals surface area contributed by atoms with E-state index in [1.165, 1.54) is 23.5 Å². The zero-order chi connectivity index (χ0) is 34.1. The molecule has 258 valence electrons. The van der Waals surface area contributed by atoms with Crippen molar-refractivity contribution in [1.29, 1.82) is 0 Å². The lowest BCUT2D eigenvalue weighted by Crippen LogP contribution is -2.40. The van der Waals surface area contributed by atoms with Crippen molar-refractivity contribution in [3.05, 3.63) is 29.3 Å². The molecule has 8 rings (SSSR count). The highest BCUT2D eigenvalue weighted by Crippen LogP contribution is 2.73. The van der Waals surface area contributed by atoms with Gasteiger partial charge in [0.25, 0.3) is 5.56 Å². The summed E-state index contributed by atoms with van der Waals surface area (Å²) in [6.45, 7) is -1.86. The first-order valence-electron chi connectivity index (χ1n) is 14.9. The number of rotatable bonds is 2. The molecule has 2 bridgehead atoms. The van der Waals surface area contributed by atoms with Crippen molar-refractivity contribution in [2.45, 2.75) is 56.8 Å². The molecule has 23 heteroatoms. The summed E-state index contributed by atoms with van der Waals surface area (Å²) in [4.78, 5) is 46.9. The Morgan fingerprint density at radius 2 is 1.73 bits per heavy atom. The smallest absolute Gasteiger partial charge is 0.390 e. The molecule has 0 amide bonds. The fourth-order valence-electron chi connectivity index (χ4n) is 7.94. The molecule has 0 radical (unpaired) electrons. The summed E-state index contributed by atoms with van der Waals surface area (Å²) < 4.78 is 53.8. The normalized spacial score (nSPS) is 43.0. The Labute approximate surface area is 275 Å². The van der Waals surface area contributed by atoms with Crippen LogP contribution in [-0.2, 0) is 27.2 Å². The fourth-order valence-corrected chi connectivity index (χ4v) is 10.6. The summed E-state index contributed by atoms with van der Waals surface area (Å²) in [5.74, 6) is -1.15. The SMILES string of the molecule is C[C@@H]1[C@@H](n2cnc3c(=O)[nH]c(N)nc32)[C@@H]2OP(=O)(O)OC[C@@]34C[C@@H]3[C@@H](n3cnc5c(N)ncnc53)[C@H](O)[C@@H]4O[P@](=O)(S)OC[C@]1(C)[C@H]2O. The monoisotopic (exact) mass is 726 g/mol. The lowest BCUT2D eigenvalue weighted by atomic mass is 9.79. The van der Waals surface area contributed by atoms with Crippen molar-refractivity contribution < 1.29 is 42.3 Å². The van der Waals surface area contributed by atoms with Gasteiger partial charge in [0.2, 0.25) is 5.95 Å². The average Bonchev–Trinajstić information content (AvgIpc) is 3.22. The highest BCUT2D eigenvalue weighted by atomic mass is 32.7. The number of nitrogens with one attached hydrogen (secondary N) is 1. The van der Waals surface area contributed by atoms with Crippen LogP contribution in [-0.4, -0.2) is 91.8 Å². The number of thiol groups is 1. The van der Waals surface area contributed by atoms with E-state index in [2.05, 4.69) is 42.2 Å². The Morgan fingerprint density at radius 3 is 2.48 bits per heavy atom. The lowest BCUT2D eigenvalue weighted by molar-refractivity contribution is -0.0445. The standard InChI is InChI=1S/C25H32N10O10P2S/c1-9-13(34-8-31-12-21(34)32-23(27)33-22(12)38)16-17(37)24(9,2)4-43-47(41,48)45-18-15(36)14(10-3-25(10,18)5-42-46(39,40)44-16)35-7-30-11-19(26)28-6-29-20(11)35/h6-10,13-18,36-37H,3-5H2,1-2H3,(H,39,40)(H,41,48)(H2,26,28,29)(H3,27,32,33,38)/t9-,10-,13-,14-,15+,16+,17+,18+,24+,25+,47-/m1/s1. The minimum Gasteiger partial charge on any atom is -0.390 e. The molecule has 1 spiro atoms. The van der Waals surface area contributed by atoms with Gasteiger partial charge in [0.1, 0.15) is 30.2 Å². The number of nitrogen functional groups attached to an aromatic ring is 2. The van der Waals surface area contributed by atoms with E-state index in [1.54, 1.807) is 18.4 Å². The number of phosphoric ester groups is 1. The molecule has 8 N–H and O–H groups in total. The number of aliphatic hydroxyl groups is 2. The summed E-state index contributed by atoms with van der Waals surface area (Å²) >= 11 is 4.25. The van der Waals surface area contributed by atoms with Crippen LogP contribution in [0, 0.1) is 22.7 Å². The number of nitrogens with two attached hydrogens (primary N) is 2. The highest BCUT2D eigenvalue weighted by Gasteiger charge is 2.74. The van der Waals surface area contributed by atoms with Crippen LogP contribution in [0.5, 0.6) is 0 Å². The van der Waals surface area contributed by atoms with Gasteiger partial charge < -0.3 is 40.2 Å². The second-order valence-electron chi connectivity index (χ2n) is 13.2. The van der Waals surface area contributed by atoms with Crippen molar-refractivity contribution in [2.24, 2.45) is 22.7 Å². The maximum absolute atomic E-state index is 13.9. The number of H-pyrrole nitrogens is 1. The van der Waals surface area contributed by atoms with Gasteiger partial charge in [0.15, 0.2) is 22.6 Å². The summed E-state index contributed by atoms with van der Waals surface area (Å²) in [5.41, 5.74) is 9.36. The Balaban J connectivity index is 1.18. The van der Waals surface area contributed by atoms with Gasteiger partial charge in [-0.3, -0.25) is 23.3 Å². The molecule has 48 heavy (non-hydrogen) atoms. The third-order valence-electron chi connectivity index (χ3n) is 10.7. The van der Waals surface area contributed by atoms with Crippen molar-refractivity contribution in [2.75, 3.05) is 24.7 Å². The van der Waals surface area contributed by atoms with E-state index >= 15 is 0 Å². The molecule has 4 aromatic rings. The van der Waals surface area contributed by atoms with Gasteiger partial charge in [-0.15, -0.1) is 0 Å². The number of aromatic amines is 1. The van der Waals surface area contributed by atoms with E-state index in [0.29, 0.717) is 17.6 Å². The van der Waals surface area contributed by atoms with Crippen LogP contribution in [0.25, 0.3) is 22.3 Å². The number of anilines is 2. The third kappa shape index (κ3) is 4.64. The van der Waals surface area contributed by atoms with Crippen LogP contribution in [0.1, 0.15) is 32.4 Å². The highest BCUT2D eigenvalue weighted by molar-refractivity contribution is 8.44. The Kier molecular flexibility index (Phi) is 7.07. The van der Waals surface area contributed by atoms with E-state index in [1.807, 2.05) is 0 Å². The molecule has 4 aromatic heterocycles. The molecule has 5 heterocycles. The van der Waals surface area contributed by atoms with Gasteiger partial charge in [0, 0.05) is 10.8 Å². The molecule has 12 atom stereocenters. The predicted octanol–water partition coefficient (Wildman–Crippen LogP) is 0.559. The van der Waals surface area contributed by atoms with Gasteiger partial charge in [-0.05, 0) is 18.3 Å². The molecule has 1 unspecified atom stereocenters. The van der Waals surface area contributed by atoms with E-state index < -0.39 is 92.6 Å². The number of imidazole rings is 2. The number of aliphatic hydroxyl groups excluding tert-OH is 2. The first kappa shape index (κ1) is 32.2. The van der Waals surface area contributed by atoms with Crippen LogP contribution in [0.4, 0.5) is 11.8 Å². The van der Waals surface area contributed by atoms with Gasteiger partial charge in [0.05, 0.1) is 44.1 Å². The molecule has 0 aromatic carbocycles. The van der Waals surface area contributed by atoms with E-state index in [0.717, 1.165) is 0 Å². The molecule has 3 aliphatic carbocycles. The minimum atomic E-state index is -4.98. The van der Waals surface area contributed by atoms with Gasteiger partial charge in [-0.2, -0.15) is 4.98 Å². The third-order valence-corrected chi connectivity index (χ3v) is 13.3. The molecular weight excluding hydrogens is 694 g/mol. The van der Waals surface area contributed by atoms with Crippen molar-refractivity contribution in [1.82, 2.24) is 39.0 Å². The fraction of sp³-hybridized carbons (Fsp3) is 0.600. The van der Waals surface area contributed by atoms with Crippen LogP contribution in [0.2, 0.25) is 0 Å². The van der Waals surface area contributed by atoms with Crippen molar-refractivity contribution in [3.63, 3.8) is 0 Å². The molecule has 1 saturated heterocycles. The summed E-state index contributed by atoms with van der Waals surface area (Å²) in [6, 6.07) is -1.71. The topological polar surface area (TPSA) is 291 Å².